The van der Waals surface area contributed by atoms with Crippen molar-refractivity contribution in [1.29, 1.82) is 0 Å². The summed E-state index contributed by atoms with van der Waals surface area (Å²) < 4.78 is 0. The Balaban J connectivity index is 0.783. The van der Waals surface area contributed by atoms with E-state index in [2.05, 4.69) is 20.8 Å². The van der Waals surface area contributed by atoms with Gasteiger partial charge in [0.15, 0.2) is 0 Å². The molecular formula is C48H82O2. The Morgan fingerprint density at radius 1 is 0.480 bits per heavy atom. The summed E-state index contributed by atoms with van der Waals surface area (Å²) in [6, 6.07) is 0. The fraction of sp³-hybridized carbons (Fsp3) is 1.00. The molecule has 8 aliphatic carbocycles. The summed E-state index contributed by atoms with van der Waals surface area (Å²) in [6.45, 7) is 6.53. The van der Waals surface area contributed by atoms with E-state index in [0.29, 0.717) is 11.8 Å². The highest BCUT2D eigenvalue weighted by molar-refractivity contribution is 5.01. The van der Waals surface area contributed by atoms with Crippen molar-refractivity contribution in [2.24, 2.45) is 101 Å². The molecule has 286 valence electrons. The van der Waals surface area contributed by atoms with Crippen LogP contribution in [0.1, 0.15) is 188 Å². The van der Waals surface area contributed by atoms with Crippen LogP contribution in [0, 0.1) is 101 Å². The molecule has 0 aromatic rings. The van der Waals surface area contributed by atoms with Crippen molar-refractivity contribution in [3.63, 3.8) is 0 Å². The molecule has 8 saturated carbocycles. The molecule has 2 N–H and O–H groups in total. The number of rotatable bonds is 13. The summed E-state index contributed by atoms with van der Waals surface area (Å²) in [5, 5.41) is 21.7. The molecule has 0 spiro atoms. The highest BCUT2D eigenvalue weighted by Gasteiger charge is 2.51. The zero-order valence-corrected chi connectivity index (χ0v) is 33.3. The molecule has 50 heavy (non-hydrogen) atoms. The van der Waals surface area contributed by atoms with E-state index in [1.807, 2.05) is 0 Å². The second-order valence-corrected chi connectivity index (χ2v) is 21.6. The van der Waals surface area contributed by atoms with Crippen LogP contribution in [0.15, 0.2) is 0 Å². The standard InChI is InChI=1S/C48H82O2/c1-4-7-47(48(3,50)31(2)30-49)46-11-6-10-43(46)41-22-23-42(29-41)45-25-24-44(45)40-21-20-37(28-40)34-14-12-33(13-15-34)36-17-19-39(27-36)38-18-16-35(26-38)32-8-5-9-32/h31-47,49-50H,4-30H2,1-3H3. The second-order valence-electron chi connectivity index (χ2n) is 21.6. The van der Waals surface area contributed by atoms with Gasteiger partial charge in [-0.15, -0.1) is 0 Å². The van der Waals surface area contributed by atoms with Gasteiger partial charge in [0.2, 0.25) is 0 Å². The third-order valence-corrected chi connectivity index (χ3v) is 19.7. The highest BCUT2D eigenvalue weighted by atomic mass is 16.3. The van der Waals surface area contributed by atoms with Crippen LogP contribution in [0.5, 0.6) is 0 Å². The fourth-order valence-corrected chi connectivity index (χ4v) is 16.1. The largest absolute Gasteiger partial charge is 0.396 e. The third kappa shape index (κ3) is 7.34. The van der Waals surface area contributed by atoms with E-state index in [-0.39, 0.29) is 12.5 Å². The number of aliphatic hydroxyl groups excluding tert-OH is 1. The SMILES string of the molecule is CCCC(C1CCCC1C1CCC(C2CCC2C2CCC(C3CCC(C4CCC(C5CCC(C6CCC6)C5)C4)CC3)C2)C1)C(C)(O)C(C)CO. The molecule has 0 radical (unpaired) electrons. The Hall–Kier alpha value is -0.0800. The van der Waals surface area contributed by atoms with Gasteiger partial charge >= 0.3 is 0 Å². The summed E-state index contributed by atoms with van der Waals surface area (Å²) in [5.41, 5.74) is -0.749. The van der Waals surface area contributed by atoms with Crippen LogP contribution in [0.3, 0.4) is 0 Å². The van der Waals surface area contributed by atoms with Crippen molar-refractivity contribution in [3.05, 3.63) is 0 Å². The summed E-state index contributed by atoms with van der Waals surface area (Å²) in [7, 11) is 0. The van der Waals surface area contributed by atoms with E-state index in [1.165, 1.54) is 51.4 Å². The lowest BCUT2D eigenvalue weighted by molar-refractivity contribution is -0.0944. The molecule has 8 rings (SSSR count). The van der Waals surface area contributed by atoms with E-state index in [4.69, 9.17) is 0 Å². The first-order chi connectivity index (χ1) is 24.3. The molecule has 0 saturated heterocycles. The van der Waals surface area contributed by atoms with Crippen LogP contribution in [-0.4, -0.2) is 22.4 Å². The van der Waals surface area contributed by atoms with Gasteiger partial charge in [0, 0.05) is 12.5 Å². The van der Waals surface area contributed by atoms with E-state index < -0.39 is 5.60 Å². The van der Waals surface area contributed by atoms with Gasteiger partial charge in [0.05, 0.1) is 5.60 Å². The molecule has 8 aliphatic rings. The van der Waals surface area contributed by atoms with Gasteiger partial charge in [0.25, 0.3) is 0 Å². The van der Waals surface area contributed by atoms with E-state index >= 15 is 0 Å². The monoisotopic (exact) mass is 691 g/mol. The lowest BCUT2D eigenvalue weighted by Gasteiger charge is -2.45. The predicted molar refractivity (Wildman–Crippen MR) is 208 cm³/mol. The molecule has 15 unspecified atom stereocenters. The van der Waals surface area contributed by atoms with Crippen LogP contribution >= 0.6 is 0 Å². The quantitative estimate of drug-likeness (QED) is 0.202. The summed E-state index contributed by atoms with van der Waals surface area (Å²) in [6.07, 6.45) is 39.2. The molecule has 2 nitrogen and oxygen atoms in total. The fourth-order valence-electron chi connectivity index (χ4n) is 16.1. The first-order valence-corrected chi connectivity index (χ1v) is 23.7. The van der Waals surface area contributed by atoms with Crippen molar-refractivity contribution >= 4 is 0 Å². The minimum Gasteiger partial charge on any atom is -0.396 e. The van der Waals surface area contributed by atoms with Gasteiger partial charge < -0.3 is 10.2 Å². The van der Waals surface area contributed by atoms with E-state index in [0.717, 1.165) is 95.7 Å². The van der Waals surface area contributed by atoms with Crippen LogP contribution in [0.2, 0.25) is 0 Å². The number of hydrogen-bond donors (Lipinski definition) is 2. The van der Waals surface area contributed by atoms with Gasteiger partial charge in [0.1, 0.15) is 0 Å². The molecule has 2 heteroatoms. The Kier molecular flexibility index (Phi) is 11.8. The minimum atomic E-state index is -0.749. The topological polar surface area (TPSA) is 40.5 Å². The zero-order valence-electron chi connectivity index (χ0n) is 33.3. The van der Waals surface area contributed by atoms with Crippen molar-refractivity contribution in [3.8, 4) is 0 Å². The van der Waals surface area contributed by atoms with Crippen molar-refractivity contribution < 1.29 is 10.2 Å². The lowest BCUT2D eigenvalue weighted by Crippen LogP contribution is -2.47. The Labute approximate surface area is 309 Å². The van der Waals surface area contributed by atoms with Gasteiger partial charge in [-0.05, 0) is 236 Å². The van der Waals surface area contributed by atoms with Crippen molar-refractivity contribution in [1.82, 2.24) is 0 Å². The molecule has 0 bridgehead atoms. The molecule has 0 aromatic carbocycles. The third-order valence-electron chi connectivity index (χ3n) is 19.7. The van der Waals surface area contributed by atoms with Crippen LogP contribution in [-0.2, 0) is 0 Å². The summed E-state index contributed by atoms with van der Waals surface area (Å²) >= 11 is 0. The second kappa shape index (κ2) is 16.0. The van der Waals surface area contributed by atoms with Gasteiger partial charge in [-0.3, -0.25) is 0 Å². The van der Waals surface area contributed by atoms with Crippen molar-refractivity contribution in [2.75, 3.05) is 6.61 Å². The molecule has 0 aliphatic heterocycles. The molecule has 8 fully saturated rings. The van der Waals surface area contributed by atoms with Crippen LogP contribution in [0.25, 0.3) is 0 Å². The predicted octanol–water partition coefficient (Wildman–Crippen LogP) is 12.5. The first-order valence-electron chi connectivity index (χ1n) is 23.7. The minimum absolute atomic E-state index is 0.0385. The first kappa shape index (κ1) is 36.9. The molecule has 0 aromatic heterocycles. The smallest absolute Gasteiger partial charge is 0.0697 e. The Bertz CT molecular complexity index is 1070. The van der Waals surface area contributed by atoms with Crippen LogP contribution < -0.4 is 0 Å². The number of hydrogen-bond acceptors (Lipinski definition) is 2. The average molecular weight is 691 g/mol. The molecular weight excluding hydrogens is 609 g/mol. The summed E-state index contributed by atoms with van der Waals surface area (Å²) in [4.78, 5) is 0. The average Bonchev–Trinajstić information content (AvgIpc) is 3.92. The molecule has 15 atom stereocenters. The molecule has 0 amide bonds. The van der Waals surface area contributed by atoms with Gasteiger partial charge in [-0.25, -0.2) is 0 Å². The maximum Gasteiger partial charge on any atom is 0.0697 e. The maximum atomic E-state index is 11.7. The van der Waals surface area contributed by atoms with E-state index in [9.17, 15) is 10.2 Å². The maximum absolute atomic E-state index is 11.7. The molecule has 0 heterocycles. The van der Waals surface area contributed by atoms with Crippen molar-refractivity contribution in [2.45, 2.75) is 193 Å². The van der Waals surface area contributed by atoms with Gasteiger partial charge in [-0.1, -0.05) is 46.0 Å². The highest BCUT2D eigenvalue weighted by Crippen LogP contribution is 2.59. The number of aliphatic hydroxyl groups is 2. The zero-order chi connectivity index (χ0) is 34.4. The summed E-state index contributed by atoms with van der Waals surface area (Å²) in [5.74, 6) is 15.7. The van der Waals surface area contributed by atoms with E-state index in [1.54, 1.807) is 103 Å². The normalized spacial score (nSPS) is 47.9. The van der Waals surface area contributed by atoms with Crippen LogP contribution in [0.4, 0.5) is 0 Å². The Morgan fingerprint density at radius 2 is 0.860 bits per heavy atom. The Morgan fingerprint density at radius 3 is 1.30 bits per heavy atom. The van der Waals surface area contributed by atoms with Gasteiger partial charge in [-0.2, -0.15) is 0 Å². The lowest BCUT2D eigenvalue weighted by atomic mass is 9.60.